The van der Waals surface area contributed by atoms with E-state index in [0.29, 0.717) is 5.92 Å². The maximum absolute atomic E-state index is 7.13. The van der Waals surface area contributed by atoms with Crippen molar-refractivity contribution < 1.29 is 4.43 Å². The highest BCUT2D eigenvalue weighted by Gasteiger charge is 2.51. The van der Waals surface area contributed by atoms with Crippen molar-refractivity contribution in [2.45, 2.75) is 32.2 Å². The normalized spacial score (nSPS) is 17.7. The summed E-state index contributed by atoms with van der Waals surface area (Å²) in [6.07, 6.45) is 3.54. The fourth-order valence-corrected chi connectivity index (χ4v) is 10.4. The first-order chi connectivity index (χ1) is 15.5. The Kier molecular flexibility index (Phi) is 5.66. The van der Waals surface area contributed by atoms with Crippen LogP contribution in [0.3, 0.4) is 0 Å². The zero-order chi connectivity index (χ0) is 22.2. The van der Waals surface area contributed by atoms with E-state index in [2.05, 4.69) is 117 Å². The van der Waals surface area contributed by atoms with Gasteiger partial charge in [0.2, 0.25) is 0 Å². The predicted octanol–water partition coefficient (Wildman–Crippen LogP) is 6.88. The van der Waals surface area contributed by atoms with Gasteiger partial charge in [-0.25, -0.2) is 0 Å². The first kappa shape index (κ1) is 21.4. The van der Waals surface area contributed by atoms with Crippen molar-refractivity contribution >= 4 is 46.2 Å². The van der Waals surface area contributed by atoms with E-state index in [-0.39, 0.29) is 5.04 Å². The Morgan fingerprint density at radius 2 is 1.47 bits per heavy atom. The van der Waals surface area contributed by atoms with Crippen LogP contribution in [0.5, 0.6) is 0 Å². The standard InChI is InChI=1S/C29H30OSSi/c1-29(2,3)32(25-12-6-4-7-13-25,26-14-8-5-9-15-26)30-20-23-18-22(23)19-24-21-31-28-17-11-10-16-27(24)28/h4-17,19,21,23H,18,20H2,1-3H3/b22-19+. The summed E-state index contributed by atoms with van der Waals surface area (Å²) in [6.45, 7) is 7.84. The van der Waals surface area contributed by atoms with Crippen molar-refractivity contribution in [2.75, 3.05) is 6.61 Å². The highest BCUT2D eigenvalue weighted by atomic mass is 32.1. The maximum atomic E-state index is 7.13. The first-order valence-electron chi connectivity index (χ1n) is 11.4. The lowest BCUT2D eigenvalue weighted by atomic mass is 10.1. The zero-order valence-electron chi connectivity index (χ0n) is 19.0. The summed E-state index contributed by atoms with van der Waals surface area (Å²) in [4.78, 5) is 0. The minimum absolute atomic E-state index is 0.0258. The lowest BCUT2D eigenvalue weighted by Gasteiger charge is -2.43. The van der Waals surface area contributed by atoms with E-state index in [1.165, 1.54) is 31.6 Å². The second-order valence-corrected chi connectivity index (χ2v) is 15.0. The average Bonchev–Trinajstić information content (AvgIpc) is 3.42. The summed E-state index contributed by atoms with van der Waals surface area (Å²) in [6, 6.07) is 30.6. The number of rotatable bonds is 6. The van der Waals surface area contributed by atoms with Gasteiger partial charge in [0.05, 0.1) is 0 Å². The van der Waals surface area contributed by atoms with Crippen LogP contribution in [-0.2, 0) is 4.43 Å². The van der Waals surface area contributed by atoms with Gasteiger partial charge in [-0.3, -0.25) is 0 Å². The molecule has 32 heavy (non-hydrogen) atoms. The quantitative estimate of drug-likeness (QED) is 0.289. The third kappa shape index (κ3) is 3.90. The van der Waals surface area contributed by atoms with Crippen molar-refractivity contribution in [3.63, 3.8) is 0 Å². The number of benzene rings is 3. The van der Waals surface area contributed by atoms with Crippen LogP contribution in [0.4, 0.5) is 0 Å². The van der Waals surface area contributed by atoms with Crippen LogP contribution in [0, 0.1) is 5.92 Å². The Morgan fingerprint density at radius 3 is 2.09 bits per heavy atom. The molecule has 0 amide bonds. The summed E-state index contributed by atoms with van der Waals surface area (Å²) < 4.78 is 8.49. The number of fused-ring (bicyclic) bond motifs is 1. The molecule has 5 rings (SSSR count). The van der Waals surface area contributed by atoms with Crippen molar-refractivity contribution in [3.05, 3.63) is 101 Å². The van der Waals surface area contributed by atoms with Gasteiger partial charge in [-0.1, -0.05) is 111 Å². The molecule has 0 radical (unpaired) electrons. The smallest absolute Gasteiger partial charge is 0.261 e. The van der Waals surface area contributed by atoms with E-state index in [0.717, 1.165) is 13.0 Å². The van der Waals surface area contributed by atoms with E-state index in [9.17, 15) is 0 Å². The predicted molar refractivity (Wildman–Crippen MR) is 141 cm³/mol. The van der Waals surface area contributed by atoms with Gasteiger partial charge in [0.25, 0.3) is 8.32 Å². The summed E-state index contributed by atoms with van der Waals surface area (Å²) >= 11 is 1.83. The van der Waals surface area contributed by atoms with E-state index in [4.69, 9.17) is 4.43 Å². The molecular formula is C29H30OSSi. The Bertz CT molecular complexity index is 1190. The topological polar surface area (TPSA) is 9.23 Å². The minimum Gasteiger partial charge on any atom is -0.407 e. The van der Waals surface area contributed by atoms with Crippen LogP contribution >= 0.6 is 11.3 Å². The number of hydrogen-bond donors (Lipinski definition) is 0. The molecule has 0 bridgehead atoms. The van der Waals surface area contributed by atoms with Crippen molar-refractivity contribution in [3.8, 4) is 0 Å². The molecule has 1 nitrogen and oxygen atoms in total. The minimum atomic E-state index is -2.45. The van der Waals surface area contributed by atoms with E-state index in [1.807, 2.05) is 11.3 Å². The molecule has 1 fully saturated rings. The van der Waals surface area contributed by atoms with E-state index in [1.54, 1.807) is 0 Å². The van der Waals surface area contributed by atoms with Crippen LogP contribution < -0.4 is 10.4 Å². The van der Waals surface area contributed by atoms with Gasteiger partial charge in [-0.2, -0.15) is 0 Å². The van der Waals surface area contributed by atoms with Crippen molar-refractivity contribution in [1.29, 1.82) is 0 Å². The van der Waals surface area contributed by atoms with E-state index < -0.39 is 8.32 Å². The zero-order valence-corrected chi connectivity index (χ0v) is 20.9. The molecular weight excluding hydrogens is 424 g/mol. The van der Waals surface area contributed by atoms with E-state index >= 15 is 0 Å². The lowest BCUT2D eigenvalue weighted by Crippen LogP contribution is -2.66. The van der Waals surface area contributed by atoms with Crippen LogP contribution in [0.2, 0.25) is 5.04 Å². The molecule has 0 spiro atoms. The Morgan fingerprint density at radius 1 is 0.875 bits per heavy atom. The molecule has 1 atom stereocenters. The van der Waals surface area contributed by atoms with Crippen molar-refractivity contribution in [2.24, 2.45) is 5.92 Å². The summed E-state index contributed by atoms with van der Waals surface area (Å²) in [7, 11) is -2.45. The van der Waals surface area contributed by atoms with Crippen LogP contribution in [-0.4, -0.2) is 14.9 Å². The van der Waals surface area contributed by atoms with Gasteiger partial charge >= 0.3 is 0 Å². The SMILES string of the molecule is CC(C)(C)[Si](OCC1C/C1=C\c1csc2ccccc12)(c1ccccc1)c1ccccc1. The molecule has 1 aromatic heterocycles. The Labute approximate surface area is 196 Å². The molecule has 0 aliphatic heterocycles. The molecule has 3 heteroatoms. The third-order valence-corrected chi connectivity index (χ3v) is 12.6. The molecule has 1 heterocycles. The van der Waals surface area contributed by atoms with Crippen LogP contribution in [0.25, 0.3) is 16.2 Å². The molecule has 1 unspecified atom stereocenters. The molecule has 0 N–H and O–H groups in total. The number of thiophene rings is 1. The summed E-state index contributed by atoms with van der Waals surface area (Å²) in [5.74, 6) is 0.523. The summed E-state index contributed by atoms with van der Waals surface area (Å²) in [5, 5.41) is 6.39. The van der Waals surface area contributed by atoms with Gasteiger partial charge < -0.3 is 4.43 Å². The average molecular weight is 455 g/mol. The molecule has 162 valence electrons. The fraction of sp³-hybridized carbons (Fsp3) is 0.241. The van der Waals surface area contributed by atoms with Gasteiger partial charge in [0.1, 0.15) is 0 Å². The molecule has 1 aliphatic rings. The van der Waals surface area contributed by atoms with Crippen LogP contribution in [0.1, 0.15) is 32.8 Å². The Hall–Kier alpha value is -2.46. The molecule has 0 saturated heterocycles. The Balaban J connectivity index is 1.44. The molecule has 4 aromatic rings. The molecule has 1 saturated carbocycles. The first-order valence-corrected chi connectivity index (χ1v) is 14.2. The highest BCUT2D eigenvalue weighted by molar-refractivity contribution is 7.17. The third-order valence-electron chi connectivity index (χ3n) is 6.62. The number of hydrogen-bond acceptors (Lipinski definition) is 2. The van der Waals surface area contributed by atoms with Gasteiger partial charge in [0.15, 0.2) is 0 Å². The largest absolute Gasteiger partial charge is 0.407 e. The monoisotopic (exact) mass is 454 g/mol. The maximum Gasteiger partial charge on any atom is 0.261 e. The second-order valence-electron chi connectivity index (χ2n) is 9.78. The second kappa shape index (κ2) is 8.47. The van der Waals surface area contributed by atoms with Gasteiger partial charge in [-0.05, 0) is 44.2 Å². The molecule has 1 aliphatic carbocycles. The lowest BCUT2D eigenvalue weighted by molar-refractivity contribution is 0.285. The van der Waals surface area contributed by atoms with Crippen LogP contribution in [0.15, 0.2) is 95.9 Å². The van der Waals surface area contributed by atoms with Crippen molar-refractivity contribution in [1.82, 2.24) is 0 Å². The molecule has 3 aromatic carbocycles. The van der Waals surface area contributed by atoms with Gasteiger partial charge in [0, 0.05) is 17.2 Å². The van der Waals surface area contributed by atoms with Gasteiger partial charge in [-0.15, -0.1) is 11.3 Å². The fourth-order valence-electron chi connectivity index (χ4n) is 4.87. The summed E-state index contributed by atoms with van der Waals surface area (Å²) in [5.41, 5.74) is 2.88. The highest BCUT2D eigenvalue weighted by Crippen LogP contribution is 2.43.